The number of aromatic nitrogens is 1. The maximum atomic E-state index is 12.7. The number of rotatable bonds is 3. The number of aromatic amines is 1. The van der Waals surface area contributed by atoms with Gasteiger partial charge < -0.3 is 9.88 Å². The molecule has 0 saturated carbocycles. The Hall–Kier alpha value is -2.45. The van der Waals surface area contributed by atoms with Gasteiger partial charge in [-0.15, -0.1) is 0 Å². The van der Waals surface area contributed by atoms with Crippen molar-refractivity contribution in [2.45, 2.75) is 18.2 Å². The van der Waals surface area contributed by atoms with Crippen molar-refractivity contribution in [2.75, 3.05) is 18.5 Å². The Morgan fingerprint density at radius 1 is 1.25 bits per heavy atom. The summed E-state index contributed by atoms with van der Waals surface area (Å²) >= 11 is 0. The molecule has 1 amide bonds. The average Bonchev–Trinajstić information content (AvgIpc) is 2.96. The van der Waals surface area contributed by atoms with Gasteiger partial charge in [0.1, 0.15) is 5.69 Å². The van der Waals surface area contributed by atoms with E-state index in [1.165, 1.54) is 30.1 Å². The second-order valence-corrected chi connectivity index (χ2v) is 7.53. The van der Waals surface area contributed by atoms with Crippen LogP contribution in [0.3, 0.4) is 0 Å². The second-order valence-electron chi connectivity index (χ2n) is 5.64. The maximum Gasteiger partial charge on any atom is 0.274 e. The molecule has 2 aromatic rings. The Balaban J connectivity index is 2.03. The minimum Gasteiger partial charge on any atom is -0.318 e. The van der Waals surface area contributed by atoms with Crippen molar-refractivity contribution in [3.63, 3.8) is 0 Å². The van der Waals surface area contributed by atoms with Crippen LogP contribution in [0.15, 0.2) is 40.0 Å². The lowest BCUT2D eigenvalue weighted by Gasteiger charge is -2.18. The summed E-state index contributed by atoms with van der Waals surface area (Å²) in [5, 5.41) is 0. The molecule has 8 heteroatoms. The van der Waals surface area contributed by atoms with Crippen LogP contribution in [0.2, 0.25) is 0 Å². The SMILES string of the molecule is CNS(=O)(=O)c1ccc2c(c1)N(C(=O)c1cc(C)cc(=O)[nH]1)CC2. The van der Waals surface area contributed by atoms with Gasteiger partial charge in [-0.2, -0.15) is 0 Å². The molecule has 0 radical (unpaired) electrons. The van der Waals surface area contributed by atoms with Crippen molar-refractivity contribution in [2.24, 2.45) is 0 Å². The van der Waals surface area contributed by atoms with Crippen molar-refractivity contribution in [3.8, 4) is 0 Å². The number of hydrogen-bond acceptors (Lipinski definition) is 4. The van der Waals surface area contributed by atoms with Crippen molar-refractivity contribution in [1.29, 1.82) is 0 Å². The smallest absolute Gasteiger partial charge is 0.274 e. The summed E-state index contributed by atoms with van der Waals surface area (Å²) in [7, 11) is -2.26. The standard InChI is InChI=1S/C16H17N3O4S/c1-10-7-13(18-15(20)8-10)16(21)19-6-5-11-3-4-12(9-14(11)19)24(22,23)17-2/h3-4,7-9,17H,5-6H2,1-2H3,(H,18,20). The number of benzene rings is 1. The molecule has 0 unspecified atom stereocenters. The largest absolute Gasteiger partial charge is 0.318 e. The van der Waals surface area contributed by atoms with Crippen LogP contribution in [0.4, 0.5) is 5.69 Å². The summed E-state index contributed by atoms with van der Waals surface area (Å²) in [6.45, 7) is 2.18. The van der Waals surface area contributed by atoms with Crippen LogP contribution in [-0.2, 0) is 16.4 Å². The molecule has 0 spiro atoms. The zero-order chi connectivity index (χ0) is 17.5. The van der Waals surface area contributed by atoms with E-state index >= 15 is 0 Å². The van der Waals surface area contributed by atoms with Crippen LogP contribution in [-0.4, -0.2) is 32.9 Å². The minimum atomic E-state index is -3.59. The number of hydrogen-bond donors (Lipinski definition) is 2. The van der Waals surface area contributed by atoms with E-state index in [0.29, 0.717) is 24.2 Å². The van der Waals surface area contributed by atoms with Gasteiger partial charge in [-0.3, -0.25) is 9.59 Å². The number of nitrogens with zero attached hydrogens (tertiary/aromatic N) is 1. The molecule has 0 saturated heterocycles. The van der Waals surface area contributed by atoms with Crippen molar-refractivity contribution in [1.82, 2.24) is 9.71 Å². The van der Waals surface area contributed by atoms with E-state index in [4.69, 9.17) is 0 Å². The molecule has 24 heavy (non-hydrogen) atoms. The van der Waals surface area contributed by atoms with E-state index in [1.807, 2.05) is 0 Å². The molecule has 0 bridgehead atoms. The summed E-state index contributed by atoms with van der Waals surface area (Å²) in [5.41, 5.74) is 1.99. The zero-order valence-electron chi connectivity index (χ0n) is 13.3. The molecule has 1 aromatic carbocycles. The lowest BCUT2D eigenvalue weighted by Crippen LogP contribution is -2.31. The fourth-order valence-corrected chi connectivity index (χ4v) is 3.55. The first-order chi connectivity index (χ1) is 11.3. The highest BCUT2D eigenvalue weighted by atomic mass is 32.2. The Labute approximate surface area is 139 Å². The van der Waals surface area contributed by atoms with Gasteiger partial charge in [-0.1, -0.05) is 6.07 Å². The van der Waals surface area contributed by atoms with Gasteiger partial charge in [0.25, 0.3) is 5.91 Å². The summed E-state index contributed by atoms with van der Waals surface area (Å²) in [4.78, 5) is 28.4. The molecular weight excluding hydrogens is 330 g/mol. The third kappa shape index (κ3) is 2.85. The highest BCUT2D eigenvalue weighted by Crippen LogP contribution is 2.31. The number of sulfonamides is 1. The topological polar surface area (TPSA) is 99.3 Å². The molecule has 0 fully saturated rings. The van der Waals surface area contributed by atoms with E-state index in [-0.39, 0.29) is 22.1 Å². The molecule has 2 heterocycles. The Morgan fingerprint density at radius 3 is 2.67 bits per heavy atom. The van der Waals surface area contributed by atoms with Gasteiger partial charge in [-0.25, -0.2) is 13.1 Å². The predicted molar refractivity (Wildman–Crippen MR) is 89.9 cm³/mol. The number of amides is 1. The van der Waals surface area contributed by atoms with E-state index in [0.717, 1.165) is 5.56 Å². The monoisotopic (exact) mass is 347 g/mol. The normalized spacial score (nSPS) is 13.8. The lowest BCUT2D eigenvalue weighted by atomic mass is 10.2. The van der Waals surface area contributed by atoms with E-state index in [2.05, 4.69) is 9.71 Å². The number of anilines is 1. The Kier molecular flexibility index (Phi) is 4.02. The zero-order valence-corrected chi connectivity index (χ0v) is 14.1. The molecule has 126 valence electrons. The number of carbonyl (C=O) groups excluding carboxylic acids is 1. The van der Waals surface area contributed by atoms with Gasteiger partial charge in [0.15, 0.2) is 0 Å². The number of nitrogens with one attached hydrogen (secondary N) is 2. The van der Waals surface area contributed by atoms with Crippen LogP contribution in [0.1, 0.15) is 21.6 Å². The van der Waals surface area contributed by atoms with Crippen LogP contribution in [0.25, 0.3) is 0 Å². The maximum absolute atomic E-state index is 12.7. The molecular formula is C16H17N3O4S. The second kappa shape index (κ2) is 5.88. The first-order valence-corrected chi connectivity index (χ1v) is 8.89. The molecule has 0 aliphatic carbocycles. The predicted octanol–water partition coefficient (Wildman–Crippen LogP) is 0.794. The van der Waals surface area contributed by atoms with E-state index < -0.39 is 10.0 Å². The summed E-state index contributed by atoms with van der Waals surface area (Å²) in [6.07, 6.45) is 0.636. The highest BCUT2D eigenvalue weighted by molar-refractivity contribution is 7.89. The molecule has 2 N–H and O–H groups in total. The molecule has 1 aromatic heterocycles. The number of aryl methyl sites for hydroxylation is 1. The van der Waals surface area contributed by atoms with Crippen molar-refractivity contribution >= 4 is 21.6 Å². The first kappa shape index (κ1) is 16.4. The first-order valence-electron chi connectivity index (χ1n) is 7.41. The Morgan fingerprint density at radius 2 is 2.00 bits per heavy atom. The minimum absolute atomic E-state index is 0.0983. The third-order valence-electron chi connectivity index (χ3n) is 4.00. The molecule has 1 aliphatic rings. The van der Waals surface area contributed by atoms with E-state index in [1.54, 1.807) is 19.1 Å². The molecule has 3 rings (SSSR count). The number of carbonyl (C=O) groups is 1. The van der Waals surface area contributed by atoms with Crippen molar-refractivity contribution < 1.29 is 13.2 Å². The fourth-order valence-electron chi connectivity index (χ4n) is 2.80. The third-order valence-corrected chi connectivity index (χ3v) is 5.41. The fraction of sp³-hybridized carbons (Fsp3) is 0.250. The van der Waals surface area contributed by atoms with E-state index in [9.17, 15) is 18.0 Å². The van der Waals surface area contributed by atoms with Crippen LogP contribution in [0.5, 0.6) is 0 Å². The van der Waals surface area contributed by atoms with Gasteiger partial charge in [-0.05, 0) is 49.7 Å². The lowest BCUT2D eigenvalue weighted by molar-refractivity contribution is 0.0984. The Bertz CT molecular complexity index is 979. The quantitative estimate of drug-likeness (QED) is 0.857. The molecule has 1 aliphatic heterocycles. The van der Waals surface area contributed by atoms with Crippen LogP contribution in [0, 0.1) is 6.92 Å². The summed E-state index contributed by atoms with van der Waals surface area (Å²) < 4.78 is 26.2. The number of H-pyrrole nitrogens is 1. The van der Waals surface area contributed by atoms with Gasteiger partial charge in [0.2, 0.25) is 15.6 Å². The summed E-state index contributed by atoms with van der Waals surface area (Å²) in [5.74, 6) is -0.353. The van der Waals surface area contributed by atoms with Crippen LogP contribution < -0.4 is 15.2 Å². The van der Waals surface area contributed by atoms with Crippen molar-refractivity contribution in [3.05, 3.63) is 57.5 Å². The average molecular weight is 347 g/mol. The van der Waals surface area contributed by atoms with Crippen LogP contribution >= 0.6 is 0 Å². The number of pyridine rings is 1. The highest BCUT2D eigenvalue weighted by Gasteiger charge is 2.28. The summed E-state index contributed by atoms with van der Waals surface area (Å²) in [6, 6.07) is 7.74. The molecule has 7 nitrogen and oxygen atoms in total. The van der Waals surface area contributed by atoms with Gasteiger partial charge >= 0.3 is 0 Å². The van der Waals surface area contributed by atoms with Gasteiger partial charge in [0, 0.05) is 18.3 Å². The number of fused-ring (bicyclic) bond motifs is 1. The van der Waals surface area contributed by atoms with Gasteiger partial charge in [0.05, 0.1) is 4.90 Å². The molecule has 0 atom stereocenters.